The first-order valence-electron chi connectivity index (χ1n) is 5.05. The van der Waals surface area contributed by atoms with Gasteiger partial charge in [-0.25, -0.2) is 4.79 Å². The molecule has 0 fully saturated rings. The Balaban J connectivity index is 2.41. The molecule has 2 aromatic rings. The number of carbonyl (C=O) groups is 1. The van der Waals surface area contributed by atoms with E-state index in [0.29, 0.717) is 11.3 Å². The molecule has 0 saturated heterocycles. The molecule has 1 aromatic heterocycles. The second-order valence-corrected chi connectivity index (χ2v) is 3.56. The van der Waals surface area contributed by atoms with Crippen LogP contribution in [0.15, 0.2) is 45.8 Å². The molecule has 0 unspecified atom stereocenters. The molecule has 6 heteroatoms. The summed E-state index contributed by atoms with van der Waals surface area (Å²) in [5.41, 5.74) is 5.53. The summed E-state index contributed by atoms with van der Waals surface area (Å²) in [7, 11) is 0. The van der Waals surface area contributed by atoms with Gasteiger partial charge in [-0.2, -0.15) is 0 Å². The summed E-state index contributed by atoms with van der Waals surface area (Å²) in [6, 6.07) is 7.10. The lowest BCUT2D eigenvalue weighted by Crippen LogP contribution is -2.19. The largest absolute Gasteiger partial charge is 0.502 e. The van der Waals surface area contributed by atoms with Crippen molar-refractivity contribution in [3.05, 3.63) is 46.8 Å². The van der Waals surface area contributed by atoms with Crippen molar-refractivity contribution in [2.75, 3.05) is 5.32 Å². The molecule has 0 spiro atoms. The summed E-state index contributed by atoms with van der Waals surface area (Å²) in [6.45, 7) is 0. The zero-order chi connectivity index (χ0) is 13.1. The monoisotopic (exact) mass is 246 g/mol. The van der Waals surface area contributed by atoms with Crippen LogP contribution in [0, 0.1) is 0 Å². The topological polar surface area (TPSA) is 106 Å². The maximum absolute atomic E-state index is 11.3. The molecule has 0 bridgehead atoms. The van der Waals surface area contributed by atoms with Gasteiger partial charge in [0.05, 0.1) is 0 Å². The molecule has 92 valence electrons. The summed E-state index contributed by atoms with van der Waals surface area (Å²) in [4.78, 5) is 22.0. The fraction of sp³-hybridized carbons (Fsp3) is 0. The SMILES string of the molecule is NC(=O)Nc1cccc(-c2cc(=O)c(O)co2)c1. The van der Waals surface area contributed by atoms with Crippen molar-refractivity contribution in [1.82, 2.24) is 0 Å². The Morgan fingerprint density at radius 3 is 2.78 bits per heavy atom. The van der Waals surface area contributed by atoms with Crippen LogP contribution in [0.1, 0.15) is 0 Å². The van der Waals surface area contributed by atoms with Crippen molar-refractivity contribution in [2.45, 2.75) is 0 Å². The van der Waals surface area contributed by atoms with Gasteiger partial charge in [0.2, 0.25) is 5.43 Å². The smallest absolute Gasteiger partial charge is 0.316 e. The molecule has 2 rings (SSSR count). The quantitative estimate of drug-likeness (QED) is 0.746. The Hall–Kier alpha value is -2.76. The van der Waals surface area contributed by atoms with Crippen molar-refractivity contribution < 1.29 is 14.3 Å². The Kier molecular flexibility index (Phi) is 3.01. The molecule has 1 heterocycles. The number of nitrogens with one attached hydrogen (secondary N) is 1. The van der Waals surface area contributed by atoms with Crippen LogP contribution in [0.3, 0.4) is 0 Å². The van der Waals surface area contributed by atoms with E-state index in [1.807, 2.05) is 0 Å². The molecule has 2 amide bonds. The summed E-state index contributed by atoms with van der Waals surface area (Å²) >= 11 is 0. The summed E-state index contributed by atoms with van der Waals surface area (Å²) in [5, 5.41) is 11.5. The predicted octanol–water partition coefficient (Wildman–Crippen LogP) is 1.50. The molecule has 0 atom stereocenters. The fourth-order valence-corrected chi connectivity index (χ4v) is 1.45. The van der Waals surface area contributed by atoms with E-state index in [4.69, 9.17) is 15.3 Å². The minimum atomic E-state index is -0.681. The third kappa shape index (κ3) is 2.49. The van der Waals surface area contributed by atoms with Crippen LogP contribution in [0.5, 0.6) is 5.75 Å². The minimum Gasteiger partial charge on any atom is -0.502 e. The Labute approximate surface area is 102 Å². The van der Waals surface area contributed by atoms with E-state index < -0.39 is 17.2 Å². The van der Waals surface area contributed by atoms with Gasteiger partial charge < -0.3 is 20.6 Å². The molecule has 0 aliphatic heterocycles. The van der Waals surface area contributed by atoms with Crippen LogP contribution < -0.4 is 16.5 Å². The minimum absolute atomic E-state index is 0.283. The highest BCUT2D eigenvalue weighted by molar-refractivity contribution is 5.88. The number of aromatic hydroxyl groups is 1. The first-order chi connectivity index (χ1) is 8.56. The first kappa shape index (κ1) is 11.7. The molecule has 4 N–H and O–H groups in total. The lowest BCUT2D eigenvalue weighted by Gasteiger charge is -2.04. The van der Waals surface area contributed by atoms with Crippen LogP contribution >= 0.6 is 0 Å². The molecule has 6 nitrogen and oxygen atoms in total. The van der Waals surface area contributed by atoms with Crippen LogP contribution in [0.4, 0.5) is 10.5 Å². The van der Waals surface area contributed by atoms with Crippen molar-refractivity contribution in [1.29, 1.82) is 0 Å². The van der Waals surface area contributed by atoms with Crippen molar-refractivity contribution >= 4 is 11.7 Å². The lowest BCUT2D eigenvalue weighted by atomic mass is 10.1. The van der Waals surface area contributed by atoms with Gasteiger partial charge in [0, 0.05) is 17.3 Å². The number of benzene rings is 1. The zero-order valence-corrected chi connectivity index (χ0v) is 9.21. The van der Waals surface area contributed by atoms with Crippen LogP contribution in [-0.2, 0) is 0 Å². The van der Waals surface area contributed by atoms with E-state index in [2.05, 4.69) is 5.32 Å². The highest BCUT2D eigenvalue weighted by Crippen LogP contribution is 2.22. The van der Waals surface area contributed by atoms with E-state index in [1.54, 1.807) is 24.3 Å². The second-order valence-electron chi connectivity index (χ2n) is 3.56. The van der Waals surface area contributed by atoms with Gasteiger partial charge in [-0.05, 0) is 12.1 Å². The number of hydrogen-bond donors (Lipinski definition) is 3. The van der Waals surface area contributed by atoms with Crippen LogP contribution in [-0.4, -0.2) is 11.1 Å². The fourth-order valence-electron chi connectivity index (χ4n) is 1.45. The third-order valence-corrected chi connectivity index (χ3v) is 2.23. The number of anilines is 1. The first-order valence-corrected chi connectivity index (χ1v) is 5.05. The molecule has 18 heavy (non-hydrogen) atoms. The highest BCUT2D eigenvalue weighted by Gasteiger charge is 2.05. The van der Waals surface area contributed by atoms with E-state index >= 15 is 0 Å². The normalized spacial score (nSPS) is 10.0. The van der Waals surface area contributed by atoms with E-state index in [0.717, 1.165) is 6.26 Å². The average Bonchev–Trinajstić information content (AvgIpc) is 2.32. The average molecular weight is 246 g/mol. The number of carbonyl (C=O) groups excluding carboxylic acids is 1. The Morgan fingerprint density at radius 1 is 1.33 bits per heavy atom. The molecule has 0 aliphatic rings. The van der Waals surface area contributed by atoms with Gasteiger partial charge in [-0.1, -0.05) is 12.1 Å². The third-order valence-electron chi connectivity index (χ3n) is 2.23. The number of hydrogen-bond acceptors (Lipinski definition) is 4. The molecule has 0 saturated carbocycles. The van der Waals surface area contributed by atoms with Gasteiger partial charge in [0.25, 0.3) is 0 Å². The molecule has 0 radical (unpaired) electrons. The van der Waals surface area contributed by atoms with Gasteiger partial charge >= 0.3 is 6.03 Å². The number of primary amides is 1. The van der Waals surface area contributed by atoms with Gasteiger partial charge in [0.1, 0.15) is 12.0 Å². The Bertz CT molecular complexity index is 649. The molecule has 1 aromatic carbocycles. The highest BCUT2D eigenvalue weighted by atomic mass is 16.3. The van der Waals surface area contributed by atoms with Crippen LogP contribution in [0.25, 0.3) is 11.3 Å². The maximum Gasteiger partial charge on any atom is 0.316 e. The molecule has 0 aliphatic carbocycles. The summed E-state index contributed by atoms with van der Waals surface area (Å²) < 4.78 is 5.09. The van der Waals surface area contributed by atoms with E-state index in [1.165, 1.54) is 6.07 Å². The van der Waals surface area contributed by atoms with Crippen molar-refractivity contribution in [2.24, 2.45) is 5.73 Å². The van der Waals surface area contributed by atoms with Gasteiger partial charge in [0.15, 0.2) is 5.75 Å². The van der Waals surface area contributed by atoms with E-state index in [-0.39, 0.29) is 5.76 Å². The number of urea groups is 1. The molecular formula is C12H10N2O4. The molecular weight excluding hydrogens is 236 g/mol. The second kappa shape index (κ2) is 4.62. The zero-order valence-electron chi connectivity index (χ0n) is 9.21. The van der Waals surface area contributed by atoms with E-state index in [9.17, 15) is 9.59 Å². The number of nitrogens with two attached hydrogens (primary N) is 1. The van der Waals surface area contributed by atoms with Crippen LogP contribution in [0.2, 0.25) is 0 Å². The number of amides is 2. The van der Waals surface area contributed by atoms with Gasteiger partial charge in [-0.3, -0.25) is 4.79 Å². The predicted molar refractivity (Wildman–Crippen MR) is 65.3 cm³/mol. The Morgan fingerprint density at radius 2 is 2.11 bits per heavy atom. The number of rotatable bonds is 2. The summed E-state index contributed by atoms with van der Waals surface area (Å²) in [6.07, 6.45) is 0.964. The van der Waals surface area contributed by atoms with Crippen molar-refractivity contribution in [3.8, 4) is 17.1 Å². The summed E-state index contributed by atoms with van der Waals surface area (Å²) in [5.74, 6) is -0.170. The lowest BCUT2D eigenvalue weighted by molar-refractivity contribution is 0.259. The standard InChI is InChI=1S/C12H10N2O4/c13-12(17)14-8-3-1-2-7(4-8)11-5-9(15)10(16)6-18-11/h1-6,16H,(H3,13,14,17). The van der Waals surface area contributed by atoms with Crippen molar-refractivity contribution in [3.63, 3.8) is 0 Å². The maximum atomic E-state index is 11.3. The van der Waals surface area contributed by atoms with Gasteiger partial charge in [-0.15, -0.1) is 0 Å².